The molecule has 1 amide bonds. The molecule has 0 saturated heterocycles. The predicted octanol–water partition coefficient (Wildman–Crippen LogP) is 0.153. The standard InChI is InChI=1S/C15H22N4O4S/c1-11(2)15(3,10-16)17-13(20)9-19-8-12(6-7-14(19)21)24(22,23)18(4)5/h6-8,11H,9H2,1-5H3,(H,17,20)/t15-/m1/s1. The second-order valence-electron chi connectivity index (χ2n) is 6.14. The van der Waals surface area contributed by atoms with Crippen LogP contribution in [0.2, 0.25) is 0 Å². The summed E-state index contributed by atoms with van der Waals surface area (Å²) < 4.78 is 26.2. The number of nitrogens with zero attached hydrogens (tertiary/aromatic N) is 3. The minimum absolute atomic E-state index is 0.0909. The molecular weight excluding hydrogens is 332 g/mol. The van der Waals surface area contributed by atoms with Gasteiger partial charge in [0.15, 0.2) is 0 Å². The first-order valence-corrected chi connectivity index (χ1v) is 8.73. The van der Waals surface area contributed by atoms with Crippen LogP contribution in [-0.4, -0.2) is 42.8 Å². The Bertz CT molecular complexity index is 821. The molecule has 0 aromatic carbocycles. The molecule has 1 N–H and O–H groups in total. The fourth-order valence-electron chi connectivity index (χ4n) is 1.78. The lowest BCUT2D eigenvalue weighted by Gasteiger charge is -2.27. The molecule has 1 rings (SSSR count). The first-order chi connectivity index (χ1) is 10.9. The molecule has 132 valence electrons. The molecule has 1 aromatic rings. The molecule has 0 bridgehead atoms. The molecule has 0 unspecified atom stereocenters. The van der Waals surface area contributed by atoms with E-state index in [9.17, 15) is 23.3 Å². The average Bonchev–Trinajstić information content (AvgIpc) is 2.48. The third-order valence-corrected chi connectivity index (χ3v) is 5.63. The van der Waals surface area contributed by atoms with Crippen LogP contribution >= 0.6 is 0 Å². The van der Waals surface area contributed by atoms with Crippen LogP contribution in [0.25, 0.3) is 0 Å². The maximum Gasteiger partial charge on any atom is 0.251 e. The minimum Gasteiger partial charge on any atom is -0.336 e. The molecular formula is C15H22N4O4S. The number of sulfonamides is 1. The maximum atomic E-state index is 12.2. The second kappa shape index (κ2) is 7.15. The van der Waals surface area contributed by atoms with Crippen molar-refractivity contribution in [2.24, 2.45) is 5.92 Å². The number of amides is 1. The maximum absolute atomic E-state index is 12.2. The Morgan fingerprint density at radius 3 is 2.46 bits per heavy atom. The summed E-state index contributed by atoms with van der Waals surface area (Å²) in [5, 5.41) is 11.8. The highest BCUT2D eigenvalue weighted by Crippen LogP contribution is 2.15. The van der Waals surface area contributed by atoms with Crippen molar-refractivity contribution in [3.05, 3.63) is 28.7 Å². The van der Waals surface area contributed by atoms with Crippen molar-refractivity contribution in [1.82, 2.24) is 14.2 Å². The van der Waals surface area contributed by atoms with Gasteiger partial charge in [0.05, 0.1) is 11.0 Å². The van der Waals surface area contributed by atoms with Crippen LogP contribution in [0.4, 0.5) is 0 Å². The summed E-state index contributed by atoms with van der Waals surface area (Å²) in [5.74, 6) is -0.683. The first-order valence-electron chi connectivity index (χ1n) is 7.29. The molecule has 9 heteroatoms. The van der Waals surface area contributed by atoms with Crippen LogP contribution in [0.1, 0.15) is 20.8 Å². The van der Waals surface area contributed by atoms with Crippen LogP contribution in [0, 0.1) is 17.2 Å². The zero-order chi connectivity index (χ0) is 18.7. The van der Waals surface area contributed by atoms with E-state index in [0.29, 0.717) is 0 Å². The van der Waals surface area contributed by atoms with Gasteiger partial charge in [-0.1, -0.05) is 13.8 Å². The lowest BCUT2D eigenvalue weighted by molar-refractivity contribution is -0.123. The zero-order valence-electron chi connectivity index (χ0n) is 14.4. The highest BCUT2D eigenvalue weighted by Gasteiger charge is 2.30. The van der Waals surface area contributed by atoms with E-state index in [0.717, 1.165) is 21.1 Å². The smallest absolute Gasteiger partial charge is 0.251 e. The molecule has 1 atom stereocenters. The molecule has 0 aliphatic carbocycles. The number of carbonyl (C=O) groups is 1. The van der Waals surface area contributed by atoms with Gasteiger partial charge in [-0.05, 0) is 18.9 Å². The molecule has 8 nitrogen and oxygen atoms in total. The first kappa shape index (κ1) is 19.9. The van der Waals surface area contributed by atoms with E-state index >= 15 is 0 Å². The summed E-state index contributed by atoms with van der Waals surface area (Å²) in [6, 6.07) is 4.32. The Morgan fingerprint density at radius 1 is 1.42 bits per heavy atom. The third kappa shape index (κ3) is 4.21. The van der Waals surface area contributed by atoms with Crippen molar-refractivity contribution in [3.63, 3.8) is 0 Å². The van der Waals surface area contributed by atoms with E-state index in [-0.39, 0.29) is 17.4 Å². The predicted molar refractivity (Wildman–Crippen MR) is 88.6 cm³/mol. The normalized spacial score (nSPS) is 14.2. The van der Waals surface area contributed by atoms with Crippen LogP contribution < -0.4 is 10.9 Å². The van der Waals surface area contributed by atoms with Gasteiger partial charge in [0.1, 0.15) is 12.1 Å². The third-order valence-electron chi connectivity index (χ3n) is 3.83. The molecule has 0 saturated carbocycles. The van der Waals surface area contributed by atoms with Crippen LogP contribution in [0.3, 0.4) is 0 Å². The zero-order valence-corrected chi connectivity index (χ0v) is 15.2. The number of pyridine rings is 1. The fraction of sp³-hybridized carbons (Fsp3) is 0.533. The number of hydrogen-bond donors (Lipinski definition) is 1. The number of carbonyl (C=O) groups excluding carboxylic acids is 1. The lowest BCUT2D eigenvalue weighted by Crippen LogP contribution is -2.50. The van der Waals surface area contributed by atoms with E-state index in [1.807, 2.05) is 6.07 Å². The van der Waals surface area contributed by atoms with Gasteiger partial charge in [0.25, 0.3) is 5.56 Å². The number of rotatable bonds is 6. The molecule has 24 heavy (non-hydrogen) atoms. The molecule has 0 spiro atoms. The fourth-order valence-corrected chi connectivity index (χ4v) is 2.70. The van der Waals surface area contributed by atoms with E-state index in [4.69, 9.17) is 0 Å². The van der Waals surface area contributed by atoms with Crippen LogP contribution in [0.5, 0.6) is 0 Å². The number of nitrogens with one attached hydrogen (secondary N) is 1. The summed E-state index contributed by atoms with van der Waals surface area (Å²) in [6.45, 7) is 4.80. The Balaban J connectivity index is 3.11. The average molecular weight is 354 g/mol. The molecule has 0 aliphatic rings. The molecule has 1 heterocycles. The summed E-state index contributed by atoms with van der Waals surface area (Å²) in [4.78, 5) is 23.9. The van der Waals surface area contributed by atoms with Crippen molar-refractivity contribution >= 4 is 15.9 Å². The topological polar surface area (TPSA) is 112 Å². The Kier molecular flexibility index (Phi) is 5.92. The monoisotopic (exact) mass is 354 g/mol. The number of hydrogen-bond acceptors (Lipinski definition) is 5. The minimum atomic E-state index is -3.72. The van der Waals surface area contributed by atoms with Gasteiger partial charge in [0.2, 0.25) is 15.9 Å². The highest BCUT2D eigenvalue weighted by atomic mass is 32.2. The Hall–Kier alpha value is -2.18. The number of nitriles is 1. The molecule has 0 radical (unpaired) electrons. The Morgan fingerprint density at radius 2 is 2.00 bits per heavy atom. The summed E-state index contributed by atoms with van der Waals surface area (Å²) >= 11 is 0. The van der Waals surface area contributed by atoms with Crippen molar-refractivity contribution in [3.8, 4) is 6.07 Å². The van der Waals surface area contributed by atoms with Gasteiger partial charge in [-0.15, -0.1) is 0 Å². The van der Waals surface area contributed by atoms with Gasteiger partial charge < -0.3 is 9.88 Å². The Labute approximate surface area is 141 Å². The van der Waals surface area contributed by atoms with E-state index in [1.165, 1.54) is 20.2 Å². The van der Waals surface area contributed by atoms with Gasteiger partial charge in [-0.3, -0.25) is 9.59 Å². The molecule has 0 aliphatic heterocycles. The SMILES string of the molecule is CC(C)[C@@](C)(C#N)NC(=O)Cn1cc(S(=O)(=O)N(C)C)ccc1=O. The van der Waals surface area contributed by atoms with E-state index in [2.05, 4.69) is 5.32 Å². The van der Waals surface area contributed by atoms with Gasteiger partial charge in [0, 0.05) is 26.4 Å². The van der Waals surface area contributed by atoms with Gasteiger partial charge in [-0.2, -0.15) is 5.26 Å². The second-order valence-corrected chi connectivity index (χ2v) is 8.29. The van der Waals surface area contributed by atoms with Gasteiger partial charge >= 0.3 is 0 Å². The van der Waals surface area contributed by atoms with E-state index in [1.54, 1.807) is 20.8 Å². The lowest BCUT2D eigenvalue weighted by atomic mass is 9.90. The molecule has 0 fully saturated rings. The molecule has 1 aromatic heterocycles. The van der Waals surface area contributed by atoms with Crippen LogP contribution in [0.15, 0.2) is 28.0 Å². The van der Waals surface area contributed by atoms with Crippen LogP contribution in [-0.2, 0) is 21.4 Å². The van der Waals surface area contributed by atoms with Crippen molar-refractivity contribution in [1.29, 1.82) is 5.26 Å². The largest absolute Gasteiger partial charge is 0.336 e. The summed E-state index contributed by atoms with van der Waals surface area (Å²) in [7, 11) is -0.969. The van der Waals surface area contributed by atoms with Crippen molar-refractivity contribution in [2.45, 2.75) is 37.8 Å². The quantitative estimate of drug-likeness (QED) is 0.781. The van der Waals surface area contributed by atoms with Gasteiger partial charge in [-0.25, -0.2) is 12.7 Å². The van der Waals surface area contributed by atoms with Crippen molar-refractivity contribution in [2.75, 3.05) is 14.1 Å². The van der Waals surface area contributed by atoms with Crippen molar-refractivity contribution < 1.29 is 13.2 Å². The van der Waals surface area contributed by atoms with E-state index < -0.39 is 27.0 Å². The number of aromatic nitrogens is 1. The summed E-state index contributed by atoms with van der Waals surface area (Å²) in [6.07, 6.45) is 1.12. The summed E-state index contributed by atoms with van der Waals surface area (Å²) in [5.41, 5.74) is -1.58. The highest BCUT2D eigenvalue weighted by molar-refractivity contribution is 7.89.